The Bertz CT molecular complexity index is 471. The van der Waals surface area contributed by atoms with Crippen LogP contribution in [0.15, 0.2) is 23.1 Å². The smallest absolute Gasteiger partial charge is 0.180 e. The second kappa shape index (κ2) is 6.00. The molecule has 1 aromatic rings. The highest BCUT2D eigenvalue weighted by atomic mass is 32.2. The monoisotopic (exact) mass is 259 g/mol. The van der Waals surface area contributed by atoms with Crippen LogP contribution >= 0.6 is 0 Å². The highest BCUT2D eigenvalue weighted by molar-refractivity contribution is 7.91. The van der Waals surface area contributed by atoms with Crippen molar-refractivity contribution in [2.45, 2.75) is 31.1 Å². The Kier molecular flexibility index (Phi) is 4.93. The number of para-hydroxylation sites is 1. The standard InChI is InChI=1S/C12H18FNO2S/c1-10-6-5-7-11(12(10)14)17(15,16)9-4-2-3-8-13/h5-7H,2-4,8-9,14H2,1H3. The van der Waals surface area contributed by atoms with E-state index in [1.54, 1.807) is 19.1 Å². The third-order valence-electron chi connectivity index (χ3n) is 2.67. The van der Waals surface area contributed by atoms with Crippen molar-refractivity contribution < 1.29 is 12.8 Å². The van der Waals surface area contributed by atoms with Gasteiger partial charge < -0.3 is 5.73 Å². The SMILES string of the molecule is Cc1cccc(S(=O)(=O)CCCCCF)c1N. The first-order valence-corrected chi connectivity index (χ1v) is 7.28. The largest absolute Gasteiger partial charge is 0.397 e. The van der Waals surface area contributed by atoms with Crippen LogP contribution in [0.4, 0.5) is 10.1 Å². The number of unbranched alkanes of at least 4 members (excludes halogenated alkanes) is 2. The predicted molar refractivity (Wildman–Crippen MR) is 67.5 cm³/mol. The maximum atomic E-state index is 12.0. The van der Waals surface area contributed by atoms with E-state index in [0.717, 1.165) is 5.56 Å². The fraction of sp³-hybridized carbons (Fsp3) is 0.500. The molecule has 1 rings (SSSR count). The van der Waals surface area contributed by atoms with Gasteiger partial charge in [-0.1, -0.05) is 12.1 Å². The molecule has 0 aliphatic heterocycles. The molecule has 0 bridgehead atoms. The van der Waals surface area contributed by atoms with Gasteiger partial charge in [0.05, 0.1) is 23.0 Å². The van der Waals surface area contributed by atoms with E-state index in [1.165, 1.54) is 6.07 Å². The average molecular weight is 259 g/mol. The summed E-state index contributed by atoms with van der Waals surface area (Å²) in [6.45, 7) is 1.38. The van der Waals surface area contributed by atoms with Gasteiger partial charge in [0.1, 0.15) is 0 Å². The first-order valence-electron chi connectivity index (χ1n) is 5.63. The van der Waals surface area contributed by atoms with Gasteiger partial charge in [-0.3, -0.25) is 4.39 Å². The van der Waals surface area contributed by atoms with E-state index >= 15 is 0 Å². The van der Waals surface area contributed by atoms with Crippen molar-refractivity contribution in [1.82, 2.24) is 0 Å². The van der Waals surface area contributed by atoms with Crippen molar-refractivity contribution in [3.05, 3.63) is 23.8 Å². The Balaban J connectivity index is 2.79. The minimum absolute atomic E-state index is 0.0284. The van der Waals surface area contributed by atoms with Crippen molar-refractivity contribution in [2.75, 3.05) is 18.2 Å². The zero-order valence-electron chi connectivity index (χ0n) is 9.95. The molecular weight excluding hydrogens is 241 g/mol. The number of aryl methyl sites for hydroxylation is 1. The van der Waals surface area contributed by atoms with Gasteiger partial charge in [0.2, 0.25) is 0 Å². The Morgan fingerprint density at radius 1 is 1.24 bits per heavy atom. The second-order valence-electron chi connectivity index (χ2n) is 4.06. The van der Waals surface area contributed by atoms with Gasteiger partial charge >= 0.3 is 0 Å². The maximum Gasteiger partial charge on any atom is 0.180 e. The molecule has 0 saturated carbocycles. The molecule has 3 nitrogen and oxygen atoms in total. The van der Waals surface area contributed by atoms with Crippen LogP contribution in [-0.4, -0.2) is 20.8 Å². The molecule has 1 aromatic carbocycles. The van der Waals surface area contributed by atoms with Gasteiger partial charge in [0.25, 0.3) is 0 Å². The third-order valence-corrected chi connectivity index (χ3v) is 4.52. The summed E-state index contributed by atoms with van der Waals surface area (Å²) in [5.41, 5.74) is 6.84. The molecule has 0 fully saturated rings. The van der Waals surface area contributed by atoms with E-state index < -0.39 is 16.5 Å². The van der Waals surface area contributed by atoms with E-state index in [-0.39, 0.29) is 10.6 Å². The lowest BCUT2D eigenvalue weighted by Gasteiger charge is -2.09. The number of rotatable bonds is 6. The number of nitrogens with two attached hydrogens (primary N) is 1. The molecule has 0 saturated heterocycles. The van der Waals surface area contributed by atoms with Crippen LogP contribution in [-0.2, 0) is 9.84 Å². The first kappa shape index (κ1) is 14.0. The molecule has 0 spiro atoms. The molecule has 5 heteroatoms. The lowest BCUT2D eigenvalue weighted by Crippen LogP contribution is -2.10. The van der Waals surface area contributed by atoms with Gasteiger partial charge in [-0.15, -0.1) is 0 Å². The number of alkyl halides is 1. The molecule has 0 aliphatic carbocycles. The van der Waals surface area contributed by atoms with Gasteiger partial charge in [-0.2, -0.15) is 0 Å². The minimum Gasteiger partial charge on any atom is -0.397 e. The quantitative estimate of drug-likeness (QED) is 0.630. The first-order chi connectivity index (χ1) is 7.99. The topological polar surface area (TPSA) is 60.2 Å². The molecule has 17 heavy (non-hydrogen) atoms. The normalized spacial score (nSPS) is 11.6. The van der Waals surface area contributed by atoms with Crippen LogP contribution in [0.3, 0.4) is 0 Å². The van der Waals surface area contributed by atoms with Crippen LogP contribution in [0.5, 0.6) is 0 Å². The van der Waals surface area contributed by atoms with Gasteiger partial charge in [-0.05, 0) is 37.8 Å². The van der Waals surface area contributed by atoms with Crippen molar-refractivity contribution in [3.8, 4) is 0 Å². The predicted octanol–water partition coefficient (Wildman–Crippen LogP) is 2.49. The Morgan fingerprint density at radius 2 is 1.94 bits per heavy atom. The number of halogens is 1. The summed E-state index contributed by atoms with van der Waals surface area (Å²) >= 11 is 0. The zero-order valence-corrected chi connectivity index (χ0v) is 10.8. The average Bonchev–Trinajstić information content (AvgIpc) is 2.28. The van der Waals surface area contributed by atoms with Crippen LogP contribution in [0.1, 0.15) is 24.8 Å². The number of hydrogen-bond donors (Lipinski definition) is 1. The summed E-state index contributed by atoms with van der Waals surface area (Å²) in [6.07, 6.45) is 1.47. The van der Waals surface area contributed by atoms with Crippen molar-refractivity contribution in [1.29, 1.82) is 0 Å². The molecule has 0 unspecified atom stereocenters. The lowest BCUT2D eigenvalue weighted by atomic mass is 10.2. The molecule has 0 aliphatic rings. The Morgan fingerprint density at radius 3 is 2.59 bits per heavy atom. The summed E-state index contributed by atoms with van der Waals surface area (Å²) in [4.78, 5) is 0.192. The Labute approximate surface area is 102 Å². The van der Waals surface area contributed by atoms with E-state index in [0.29, 0.717) is 24.9 Å². The molecule has 0 heterocycles. The highest BCUT2D eigenvalue weighted by Gasteiger charge is 2.17. The van der Waals surface area contributed by atoms with Gasteiger partial charge in [0.15, 0.2) is 9.84 Å². The molecule has 0 atom stereocenters. The van der Waals surface area contributed by atoms with Crippen LogP contribution in [0, 0.1) is 6.92 Å². The van der Waals surface area contributed by atoms with Gasteiger partial charge in [-0.25, -0.2) is 8.42 Å². The van der Waals surface area contributed by atoms with E-state index in [1.807, 2.05) is 0 Å². The van der Waals surface area contributed by atoms with Crippen molar-refractivity contribution >= 4 is 15.5 Å². The summed E-state index contributed by atoms with van der Waals surface area (Å²) < 4.78 is 35.9. The fourth-order valence-corrected chi connectivity index (χ4v) is 3.18. The highest BCUT2D eigenvalue weighted by Crippen LogP contribution is 2.23. The molecule has 96 valence electrons. The van der Waals surface area contributed by atoms with Crippen molar-refractivity contribution in [2.24, 2.45) is 0 Å². The zero-order chi connectivity index (χ0) is 12.9. The third kappa shape index (κ3) is 3.70. The van der Waals surface area contributed by atoms with Crippen molar-refractivity contribution in [3.63, 3.8) is 0 Å². The second-order valence-corrected chi connectivity index (χ2v) is 6.13. The van der Waals surface area contributed by atoms with Crippen LogP contribution in [0.2, 0.25) is 0 Å². The number of benzene rings is 1. The van der Waals surface area contributed by atoms with Gasteiger partial charge in [0, 0.05) is 0 Å². The number of nitrogen functional groups attached to an aromatic ring is 1. The van der Waals surface area contributed by atoms with E-state index in [9.17, 15) is 12.8 Å². The van der Waals surface area contributed by atoms with E-state index in [2.05, 4.69) is 0 Å². The molecular formula is C12H18FNO2S. The van der Waals surface area contributed by atoms with Crippen LogP contribution < -0.4 is 5.73 Å². The summed E-state index contributed by atoms with van der Waals surface area (Å²) in [5.74, 6) is 0.0284. The van der Waals surface area contributed by atoms with Crippen LogP contribution in [0.25, 0.3) is 0 Å². The Hall–Kier alpha value is -1.10. The van der Waals surface area contributed by atoms with E-state index in [4.69, 9.17) is 5.73 Å². The number of anilines is 1. The summed E-state index contributed by atoms with van der Waals surface area (Å²) in [6, 6.07) is 4.98. The lowest BCUT2D eigenvalue weighted by molar-refractivity contribution is 0.459. The number of sulfone groups is 1. The summed E-state index contributed by atoms with van der Waals surface area (Å²) in [7, 11) is -3.34. The minimum atomic E-state index is -3.34. The molecule has 2 N–H and O–H groups in total. The molecule has 0 radical (unpaired) electrons. The maximum absolute atomic E-state index is 12.0. The number of hydrogen-bond acceptors (Lipinski definition) is 3. The molecule has 0 amide bonds. The fourth-order valence-electron chi connectivity index (χ4n) is 1.60. The molecule has 0 aromatic heterocycles. The summed E-state index contributed by atoms with van der Waals surface area (Å²) in [5, 5.41) is 0.